The largest absolute Gasteiger partial charge is 0.480 e. The Morgan fingerprint density at radius 1 is 1.62 bits per heavy atom. The van der Waals surface area contributed by atoms with Gasteiger partial charge in [0.1, 0.15) is 6.54 Å². The molecule has 0 aliphatic carbocycles. The molecule has 1 aromatic heterocycles. The monoisotopic (exact) mass is 184 g/mol. The average molecular weight is 184 g/mol. The van der Waals surface area contributed by atoms with Gasteiger partial charge in [-0.3, -0.25) is 4.79 Å². The summed E-state index contributed by atoms with van der Waals surface area (Å²) in [4.78, 5) is 10.4. The number of hydrogen-bond acceptors (Lipinski definition) is 4. The highest BCUT2D eigenvalue weighted by Crippen LogP contribution is 2.02. The lowest BCUT2D eigenvalue weighted by Gasteiger charge is -2.03. The van der Waals surface area contributed by atoms with Crippen LogP contribution in [0.1, 0.15) is 19.7 Å². The molecule has 13 heavy (non-hydrogen) atoms. The average Bonchev–Trinajstić information content (AvgIpc) is 2.34. The smallest absolute Gasteiger partial charge is 0.325 e. The van der Waals surface area contributed by atoms with Gasteiger partial charge >= 0.3 is 5.97 Å². The third kappa shape index (κ3) is 2.81. The molecule has 1 N–H and O–H groups in total. The topological polar surface area (TPSA) is 80.9 Å². The maximum atomic E-state index is 10.4. The molecule has 0 radical (unpaired) electrons. The SMILES string of the molecule is CC(C)Cc1nnnn1CC(=O)O. The molecule has 6 nitrogen and oxygen atoms in total. The normalized spacial score (nSPS) is 10.7. The first-order valence-corrected chi connectivity index (χ1v) is 4.06. The van der Waals surface area contributed by atoms with Crippen LogP contribution in [-0.2, 0) is 17.8 Å². The maximum absolute atomic E-state index is 10.4. The van der Waals surface area contributed by atoms with Crippen LogP contribution < -0.4 is 0 Å². The third-order valence-electron chi connectivity index (χ3n) is 1.48. The second-order valence-electron chi connectivity index (χ2n) is 3.24. The van der Waals surface area contributed by atoms with Crippen molar-refractivity contribution in [1.29, 1.82) is 0 Å². The highest BCUT2D eigenvalue weighted by atomic mass is 16.4. The Morgan fingerprint density at radius 2 is 2.31 bits per heavy atom. The summed E-state index contributed by atoms with van der Waals surface area (Å²) in [7, 11) is 0. The number of nitrogens with zero attached hydrogens (tertiary/aromatic N) is 4. The molecule has 1 heterocycles. The summed E-state index contributed by atoms with van der Waals surface area (Å²) in [6.07, 6.45) is 0.695. The molecule has 72 valence electrons. The zero-order chi connectivity index (χ0) is 9.84. The van der Waals surface area contributed by atoms with Crippen molar-refractivity contribution in [1.82, 2.24) is 20.2 Å². The summed E-state index contributed by atoms with van der Waals surface area (Å²) >= 11 is 0. The van der Waals surface area contributed by atoms with Crippen LogP contribution in [0.4, 0.5) is 0 Å². The Kier molecular flexibility index (Phi) is 2.94. The number of aliphatic carboxylic acids is 1. The molecule has 0 aliphatic rings. The minimum atomic E-state index is -0.933. The van der Waals surface area contributed by atoms with E-state index in [0.29, 0.717) is 18.2 Å². The van der Waals surface area contributed by atoms with Crippen LogP contribution in [0.25, 0.3) is 0 Å². The molecule has 0 aromatic carbocycles. The zero-order valence-electron chi connectivity index (χ0n) is 7.64. The van der Waals surface area contributed by atoms with Gasteiger partial charge in [0.25, 0.3) is 0 Å². The van der Waals surface area contributed by atoms with Crippen molar-refractivity contribution in [2.24, 2.45) is 5.92 Å². The molecule has 0 spiro atoms. The standard InChI is InChI=1S/C7H12N4O2/c1-5(2)3-6-8-9-10-11(6)4-7(12)13/h5H,3-4H2,1-2H3,(H,12,13). The molecule has 0 aliphatic heterocycles. The van der Waals surface area contributed by atoms with Crippen LogP contribution in [0.15, 0.2) is 0 Å². The first kappa shape index (κ1) is 9.63. The van der Waals surface area contributed by atoms with Crippen LogP contribution in [0.2, 0.25) is 0 Å². The molecular weight excluding hydrogens is 172 g/mol. The van der Waals surface area contributed by atoms with Crippen molar-refractivity contribution in [3.8, 4) is 0 Å². The Balaban J connectivity index is 2.71. The summed E-state index contributed by atoms with van der Waals surface area (Å²) in [6, 6.07) is 0. The summed E-state index contributed by atoms with van der Waals surface area (Å²) in [6.45, 7) is 3.88. The lowest BCUT2D eigenvalue weighted by atomic mass is 10.1. The zero-order valence-corrected chi connectivity index (χ0v) is 7.64. The predicted octanol–water partition coefficient (Wildman–Crippen LogP) is -0.0438. The van der Waals surface area contributed by atoms with E-state index in [1.54, 1.807) is 0 Å². The quantitative estimate of drug-likeness (QED) is 0.709. The van der Waals surface area contributed by atoms with Gasteiger partial charge in [0.05, 0.1) is 0 Å². The number of carboxylic acids is 1. The second-order valence-corrected chi connectivity index (χ2v) is 3.24. The van der Waals surface area contributed by atoms with E-state index in [-0.39, 0.29) is 6.54 Å². The van der Waals surface area contributed by atoms with Crippen molar-refractivity contribution in [3.63, 3.8) is 0 Å². The first-order chi connectivity index (χ1) is 6.09. The number of hydrogen-bond donors (Lipinski definition) is 1. The molecule has 0 bridgehead atoms. The highest BCUT2D eigenvalue weighted by molar-refractivity contribution is 5.66. The third-order valence-corrected chi connectivity index (χ3v) is 1.48. The first-order valence-electron chi connectivity index (χ1n) is 4.06. The molecular formula is C7H12N4O2. The van der Waals surface area contributed by atoms with E-state index in [0.717, 1.165) is 0 Å². The molecule has 0 amide bonds. The number of rotatable bonds is 4. The Morgan fingerprint density at radius 3 is 2.85 bits per heavy atom. The Bertz CT molecular complexity index is 294. The van der Waals surface area contributed by atoms with Gasteiger partial charge in [0.15, 0.2) is 5.82 Å². The highest BCUT2D eigenvalue weighted by Gasteiger charge is 2.10. The van der Waals surface area contributed by atoms with E-state index < -0.39 is 5.97 Å². The van der Waals surface area contributed by atoms with Crippen LogP contribution in [0.5, 0.6) is 0 Å². The van der Waals surface area contributed by atoms with E-state index >= 15 is 0 Å². The van der Waals surface area contributed by atoms with Crippen LogP contribution in [-0.4, -0.2) is 31.3 Å². The minimum absolute atomic E-state index is 0.172. The van der Waals surface area contributed by atoms with Gasteiger partial charge in [-0.2, -0.15) is 0 Å². The van der Waals surface area contributed by atoms with Gasteiger partial charge in [-0.1, -0.05) is 13.8 Å². The van der Waals surface area contributed by atoms with Crippen LogP contribution in [0, 0.1) is 5.92 Å². The molecule has 1 rings (SSSR count). The van der Waals surface area contributed by atoms with E-state index in [1.165, 1.54) is 4.68 Å². The van der Waals surface area contributed by atoms with Crippen LogP contribution in [0.3, 0.4) is 0 Å². The number of aromatic nitrogens is 4. The fourth-order valence-corrected chi connectivity index (χ4v) is 0.986. The van der Waals surface area contributed by atoms with Crippen molar-refractivity contribution < 1.29 is 9.90 Å². The number of carbonyl (C=O) groups is 1. The van der Waals surface area contributed by atoms with Gasteiger partial charge in [-0.15, -0.1) is 5.10 Å². The summed E-state index contributed by atoms with van der Waals surface area (Å²) in [5.74, 6) is 0.105. The number of tetrazole rings is 1. The lowest BCUT2D eigenvalue weighted by Crippen LogP contribution is -2.14. The fourth-order valence-electron chi connectivity index (χ4n) is 0.986. The van der Waals surface area contributed by atoms with Crippen molar-refractivity contribution >= 4 is 5.97 Å². The van der Waals surface area contributed by atoms with E-state index in [4.69, 9.17) is 5.11 Å². The molecule has 6 heteroatoms. The molecule has 1 aromatic rings. The Hall–Kier alpha value is -1.46. The molecule has 0 saturated heterocycles. The van der Waals surface area contributed by atoms with E-state index in [1.807, 2.05) is 13.8 Å². The summed E-state index contributed by atoms with van der Waals surface area (Å²) in [5.41, 5.74) is 0. The van der Waals surface area contributed by atoms with Gasteiger partial charge in [-0.25, -0.2) is 4.68 Å². The van der Waals surface area contributed by atoms with E-state index in [2.05, 4.69) is 15.5 Å². The van der Waals surface area contributed by atoms with Gasteiger partial charge in [-0.05, 0) is 16.3 Å². The lowest BCUT2D eigenvalue weighted by molar-refractivity contribution is -0.138. The van der Waals surface area contributed by atoms with E-state index in [9.17, 15) is 4.79 Å². The maximum Gasteiger partial charge on any atom is 0.325 e. The molecule has 0 saturated carbocycles. The summed E-state index contributed by atoms with van der Waals surface area (Å²) in [5, 5.41) is 19.3. The second kappa shape index (κ2) is 3.97. The number of carboxylic acid groups (broad SMARTS) is 1. The molecule has 0 unspecified atom stereocenters. The minimum Gasteiger partial charge on any atom is -0.480 e. The Labute approximate surface area is 75.6 Å². The summed E-state index contributed by atoms with van der Waals surface area (Å²) < 4.78 is 1.31. The van der Waals surface area contributed by atoms with Gasteiger partial charge in [0.2, 0.25) is 0 Å². The van der Waals surface area contributed by atoms with Gasteiger partial charge in [0, 0.05) is 6.42 Å². The predicted molar refractivity (Wildman–Crippen MR) is 44.0 cm³/mol. The molecule has 0 fully saturated rings. The fraction of sp³-hybridized carbons (Fsp3) is 0.714. The van der Waals surface area contributed by atoms with Crippen molar-refractivity contribution in [2.45, 2.75) is 26.8 Å². The van der Waals surface area contributed by atoms with Crippen LogP contribution >= 0.6 is 0 Å². The van der Waals surface area contributed by atoms with Crippen molar-refractivity contribution in [2.75, 3.05) is 0 Å². The molecule has 0 atom stereocenters. The van der Waals surface area contributed by atoms with Gasteiger partial charge < -0.3 is 5.11 Å². The van der Waals surface area contributed by atoms with Crippen molar-refractivity contribution in [3.05, 3.63) is 5.82 Å².